The summed E-state index contributed by atoms with van der Waals surface area (Å²) in [6.07, 6.45) is -0.992. The average Bonchev–Trinajstić information content (AvgIpc) is 2.61. The van der Waals surface area contributed by atoms with Crippen molar-refractivity contribution < 1.29 is 13.9 Å². The van der Waals surface area contributed by atoms with Gasteiger partial charge < -0.3 is 10.4 Å². The van der Waals surface area contributed by atoms with Crippen LogP contribution in [0.4, 0.5) is 14.5 Å². The van der Waals surface area contributed by atoms with E-state index < -0.39 is 23.9 Å². The minimum absolute atomic E-state index is 0.0986. The zero-order chi connectivity index (χ0) is 16.7. The number of aliphatic imine (C=N–C) groups is 1. The first-order valence-electron chi connectivity index (χ1n) is 6.85. The van der Waals surface area contributed by atoms with Crippen molar-refractivity contribution in [3.05, 3.63) is 62.6 Å². The van der Waals surface area contributed by atoms with Crippen LogP contribution in [-0.2, 0) is 0 Å². The number of anilines is 1. The molecule has 0 saturated heterocycles. The van der Waals surface area contributed by atoms with Crippen LogP contribution in [0.2, 0.25) is 5.02 Å². The fourth-order valence-corrected chi connectivity index (χ4v) is 3.13. The van der Waals surface area contributed by atoms with Gasteiger partial charge in [0.05, 0.1) is 22.3 Å². The predicted molar refractivity (Wildman–Crippen MR) is 90.2 cm³/mol. The molecule has 3 rings (SSSR count). The number of nitrogens with one attached hydrogen (secondary N) is 1. The maximum Gasteiger partial charge on any atom is 0.146 e. The van der Waals surface area contributed by atoms with Gasteiger partial charge in [-0.3, -0.25) is 4.99 Å². The minimum atomic E-state index is -0.992. The van der Waals surface area contributed by atoms with Crippen molar-refractivity contribution in [2.24, 2.45) is 4.99 Å². The molecule has 23 heavy (non-hydrogen) atoms. The lowest BCUT2D eigenvalue weighted by Gasteiger charge is -2.16. The van der Waals surface area contributed by atoms with Gasteiger partial charge in [0.15, 0.2) is 0 Å². The third kappa shape index (κ3) is 2.86. The predicted octanol–water partition coefficient (Wildman–Crippen LogP) is 4.35. The highest BCUT2D eigenvalue weighted by Crippen LogP contribution is 2.37. The zero-order valence-corrected chi connectivity index (χ0v) is 14.3. The Labute approximate surface area is 145 Å². The van der Waals surface area contributed by atoms with Crippen molar-refractivity contribution >= 4 is 38.9 Å². The highest BCUT2D eigenvalue weighted by molar-refractivity contribution is 9.10. The van der Waals surface area contributed by atoms with E-state index in [1.54, 1.807) is 19.1 Å². The van der Waals surface area contributed by atoms with E-state index in [0.717, 1.165) is 0 Å². The molecule has 0 fully saturated rings. The number of hydrogen-bond donors (Lipinski definition) is 2. The molecular formula is C16H12BrClF2N2O. The fraction of sp³-hybridized carbons (Fsp3) is 0.188. The topological polar surface area (TPSA) is 44.6 Å². The smallest absolute Gasteiger partial charge is 0.146 e. The number of aliphatic hydroxyl groups excluding tert-OH is 1. The Morgan fingerprint density at radius 2 is 1.83 bits per heavy atom. The lowest BCUT2D eigenvalue weighted by molar-refractivity contribution is 0.180. The van der Waals surface area contributed by atoms with Gasteiger partial charge in [0.1, 0.15) is 17.9 Å². The molecule has 0 bridgehead atoms. The molecule has 1 unspecified atom stereocenters. The molecule has 7 heteroatoms. The van der Waals surface area contributed by atoms with Crippen molar-refractivity contribution in [2.75, 3.05) is 5.32 Å². The Kier molecular flexibility index (Phi) is 4.40. The van der Waals surface area contributed by atoms with E-state index in [1.165, 1.54) is 18.2 Å². The average molecular weight is 402 g/mol. The van der Waals surface area contributed by atoms with Crippen LogP contribution >= 0.6 is 27.5 Å². The van der Waals surface area contributed by atoms with Crippen LogP contribution in [-0.4, -0.2) is 23.1 Å². The van der Waals surface area contributed by atoms with Crippen LogP contribution in [0, 0.1) is 11.6 Å². The number of benzene rings is 2. The maximum absolute atomic E-state index is 14.3. The maximum atomic E-state index is 14.3. The number of aliphatic hydroxyl groups is 1. The summed E-state index contributed by atoms with van der Waals surface area (Å²) in [5, 5.41) is 13.4. The number of halogens is 4. The second-order valence-electron chi connectivity index (χ2n) is 5.19. The number of benzodiazepines with no additional fused rings is 1. The van der Waals surface area contributed by atoms with E-state index >= 15 is 0 Å². The van der Waals surface area contributed by atoms with Gasteiger partial charge in [-0.1, -0.05) is 17.7 Å². The van der Waals surface area contributed by atoms with E-state index in [2.05, 4.69) is 26.2 Å². The molecule has 1 aliphatic heterocycles. The Bertz CT molecular complexity index is 793. The van der Waals surface area contributed by atoms with Crippen LogP contribution in [0.1, 0.15) is 18.1 Å². The molecular weight excluding hydrogens is 390 g/mol. The summed E-state index contributed by atoms with van der Waals surface area (Å²) in [6.45, 7) is 1.65. The number of fused-ring (bicyclic) bond motifs is 1. The molecule has 3 nitrogen and oxygen atoms in total. The lowest BCUT2D eigenvalue weighted by atomic mass is 9.99. The summed E-state index contributed by atoms with van der Waals surface area (Å²) >= 11 is 9.47. The van der Waals surface area contributed by atoms with Gasteiger partial charge >= 0.3 is 0 Å². The summed E-state index contributed by atoms with van der Waals surface area (Å²) in [6, 6.07) is 6.27. The highest BCUT2D eigenvalue weighted by atomic mass is 79.9. The van der Waals surface area contributed by atoms with E-state index in [0.29, 0.717) is 20.7 Å². The molecule has 2 aromatic carbocycles. The van der Waals surface area contributed by atoms with Crippen molar-refractivity contribution in [2.45, 2.75) is 19.2 Å². The molecule has 1 heterocycles. The van der Waals surface area contributed by atoms with E-state index in [-0.39, 0.29) is 11.3 Å². The molecule has 2 N–H and O–H groups in total. The summed E-state index contributed by atoms with van der Waals surface area (Å²) in [4.78, 5) is 4.33. The first kappa shape index (κ1) is 16.4. The van der Waals surface area contributed by atoms with Crippen LogP contribution in [0.3, 0.4) is 0 Å². The van der Waals surface area contributed by atoms with Gasteiger partial charge in [-0.25, -0.2) is 8.78 Å². The van der Waals surface area contributed by atoms with Crippen LogP contribution in [0.5, 0.6) is 0 Å². The number of hydrogen-bond acceptors (Lipinski definition) is 3. The van der Waals surface area contributed by atoms with Gasteiger partial charge in [0.2, 0.25) is 0 Å². The first-order valence-corrected chi connectivity index (χ1v) is 8.02. The molecule has 0 radical (unpaired) electrons. The molecule has 2 aromatic rings. The number of nitrogens with zero attached hydrogens (tertiary/aromatic N) is 1. The fourth-order valence-electron chi connectivity index (χ4n) is 2.43. The normalized spacial score (nSPS) is 20.3. The molecule has 2 atom stereocenters. The minimum Gasteiger partial charge on any atom is -0.372 e. The molecule has 1 aliphatic rings. The van der Waals surface area contributed by atoms with Crippen molar-refractivity contribution in [3.8, 4) is 0 Å². The van der Waals surface area contributed by atoms with Crippen LogP contribution < -0.4 is 5.32 Å². The Morgan fingerprint density at radius 3 is 2.48 bits per heavy atom. The molecule has 0 aliphatic carbocycles. The van der Waals surface area contributed by atoms with E-state index in [9.17, 15) is 13.9 Å². The van der Waals surface area contributed by atoms with Crippen molar-refractivity contribution in [1.82, 2.24) is 0 Å². The van der Waals surface area contributed by atoms with Crippen molar-refractivity contribution in [3.63, 3.8) is 0 Å². The van der Waals surface area contributed by atoms with Gasteiger partial charge in [-0.2, -0.15) is 0 Å². The molecule has 0 aromatic heterocycles. The van der Waals surface area contributed by atoms with Gasteiger partial charge in [-0.05, 0) is 47.1 Å². The third-order valence-electron chi connectivity index (χ3n) is 3.62. The monoisotopic (exact) mass is 400 g/mol. The molecule has 0 amide bonds. The summed E-state index contributed by atoms with van der Waals surface area (Å²) < 4.78 is 29.0. The van der Waals surface area contributed by atoms with Gasteiger partial charge in [0.25, 0.3) is 0 Å². The lowest BCUT2D eigenvalue weighted by Crippen LogP contribution is -2.28. The Hall–Kier alpha value is -1.50. The summed E-state index contributed by atoms with van der Waals surface area (Å²) in [7, 11) is 0. The second kappa shape index (κ2) is 6.19. The summed E-state index contributed by atoms with van der Waals surface area (Å²) in [5.41, 5.74) is 0.741. The Balaban J connectivity index is 2.35. The molecule has 120 valence electrons. The Morgan fingerprint density at radius 1 is 1.17 bits per heavy atom. The van der Waals surface area contributed by atoms with E-state index in [4.69, 9.17) is 11.6 Å². The second-order valence-corrected chi connectivity index (χ2v) is 6.39. The van der Waals surface area contributed by atoms with Gasteiger partial charge in [0, 0.05) is 15.7 Å². The zero-order valence-electron chi connectivity index (χ0n) is 11.9. The van der Waals surface area contributed by atoms with Crippen LogP contribution in [0.25, 0.3) is 0 Å². The van der Waals surface area contributed by atoms with Crippen molar-refractivity contribution in [1.29, 1.82) is 0 Å². The summed E-state index contributed by atoms with van der Waals surface area (Å²) in [5.74, 6) is -1.46. The van der Waals surface area contributed by atoms with Crippen LogP contribution in [0.15, 0.2) is 39.8 Å². The molecule has 0 saturated carbocycles. The molecule has 0 spiro atoms. The van der Waals surface area contributed by atoms with E-state index in [1.807, 2.05) is 0 Å². The number of rotatable bonds is 1. The highest BCUT2D eigenvalue weighted by Gasteiger charge is 2.28. The standard InChI is InChI=1S/C16H12BrClF2N2O/c1-7-16(23)22-11-6-5-8(18)14(17)13(11)15(21-7)12-9(19)3-2-4-10(12)20/h2-7,16,22-23H,1H3/t7-,16?/m0/s1. The third-order valence-corrected chi connectivity index (χ3v) is 4.99. The van der Waals surface area contributed by atoms with Gasteiger partial charge in [-0.15, -0.1) is 0 Å². The first-order chi connectivity index (χ1) is 10.9. The quantitative estimate of drug-likeness (QED) is 0.746. The largest absolute Gasteiger partial charge is 0.372 e. The SMILES string of the molecule is C[C@@H]1N=C(c2c(F)cccc2F)c2c(ccc(Cl)c2Br)NC1O.